The molecule has 0 saturated carbocycles. The molecule has 1 heterocycles. The molecule has 2 amide bonds. The van der Waals surface area contributed by atoms with Gasteiger partial charge in [-0.1, -0.05) is 35.9 Å². The van der Waals surface area contributed by atoms with E-state index in [9.17, 15) is 9.59 Å². The van der Waals surface area contributed by atoms with Crippen molar-refractivity contribution in [1.29, 1.82) is 0 Å². The Balaban J connectivity index is 1.65. The van der Waals surface area contributed by atoms with Crippen molar-refractivity contribution in [2.75, 3.05) is 5.32 Å². The van der Waals surface area contributed by atoms with Gasteiger partial charge in [0.2, 0.25) is 5.91 Å². The van der Waals surface area contributed by atoms with Crippen LogP contribution in [0.1, 0.15) is 17.3 Å². The van der Waals surface area contributed by atoms with Crippen molar-refractivity contribution in [1.82, 2.24) is 15.5 Å². The van der Waals surface area contributed by atoms with E-state index in [0.717, 1.165) is 11.3 Å². The number of rotatable bonds is 5. The third kappa shape index (κ3) is 4.10. The zero-order valence-corrected chi connectivity index (χ0v) is 14.7. The molecule has 3 N–H and O–H groups in total. The first-order valence-corrected chi connectivity index (χ1v) is 8.38. The number of carbonyl (C=O) groups excluding carboxylic acids is 2. The summed E-state index contributed by atoms with van der Waals surface area (Å²) in [5, 5.41) is 12.6. The van der Waals surface area contributed by atoms with Crippen LogP contribution in [0.15, 0.2) is 60.8 Å². The average molecular weight is 369 g/mol. The van der Waals surface area contributed by atoms with Gasteiger partial charge < -0.3 is 10.6 Å². The van der Waals surface area contributed by atoms with Crippen molar-refractivity contribution in [2.45, 2.75) is 13.0 Å². The molecule has 132 valence electrons. The predicted octanol–water partition coefficient (Wildman–Crippen LogP) is 3.49. The van der Waals surface area contributed by atoms with Gasteiger partial charge in [-0.05, 0) is 37.3 Å². The lowest BCUT2D eigenvalue weighted by Crippen LogP contribution is -2.41. The van der Waals surface area contributed by atoms with Crippen LogP contribution in [-0.2, 0) is 4.79 Å². The van der Waals surface area contributed by atoms with Crippen molar-refractivity contribution in [3.05, 3.63) is 71.4 Å². The molecule has 3 aromatic rings. The fraction of sp³-hybridized carbons (Fsp3) is 0.105. The zero-order valence-electron chi connectivity index (χ0n) is 14.0. The van der Waals surface area contributed by atoms with E-state index in [2.05, 4.69) is 20.8 Å². The Morgan fingerprint density at radius 1 is 1.12 bits per heavy atom. The molecular formula is C19H17ClN4O2. The molecule has 1 aromatic heterocycles. The minimum atomic E-state index is -0.727. The third-order valence-electron chi connectivity index (χ3n) is 3.80. The Morgan fingerprint density at radius 3 is 2.65 bits per heavy atom. The van der Waals surface area contributed by atoms with Crippen LogP contribution < -0.4 is 10.6 Å². The smallest absolute Gasteiger partial charge is 0.253 e. The van der Waals surface area contributed by atoms with E-state index in [4.69, 9.17) is 11.6 Å². The average Bonchev–Trinajstić information content (AvgIpc) is 3.17. The maximum atomic E-state index is 12.4. The highest BCUT2D eigenvalue weighted by molar-refractivity contribution is 6.33. The SMILES string of the molecule is CC(NC(=O)c1ccccc1Cl)C(=O)Nc1cccc(-c2ccn[nH]2)c1. The second kappa shape index (κ2) is 7.84. The summed E-state index contributed by atoms with van der Waals surface area (Å²) in [4.78, 5) is 24.6. The Morgan fingerprint density at radius 2 is 1.92 bits per heavy atom. The molecule has 0 aliphatic carbocycles. The molecule has 3 rings (SSSR count). The predicted molar refractivity (Wildman–Crippen MR) is 101 cm³/mol. The summed E-state index contributed by atoms with van der Waals surface area (Å²) in [6, 6.07) is 15.1. The van der Waals surface area contributed by atoms with Gasteiger partial charge >= 0.3 is 0 Å². The molecule has 26 heavy (non-hydrogen) atoms. The molecule has 7 heteroatoms. The summed E-state index contributed by atoms with van der Waals surface area (Å²) < 4.78 is 0. The molecule has 0 aliphatic heterocycles. The first-order chi connectivity index (χ1) is 12.5. The maximum Gasteiger partial charge on any atom is 0.253 e. The summed E-state index contributed by atoms with van der Waals surface area (Å²) in [6.45, 7) is 1.61. The van der Waals surface area contributed by atoms with Crippen molar-refractivity contribution < 1.29 is 9.59 Å². The number of aromatic nitrogens is 2. The standard InChI is InChI=1S/C19H17ClN4O2/c1-12(22-19(26)15-7-2-3-8-16(15)20)18(25)23-14-6-4-5-13(11-14)17-9-10-21-24-17/h2-12H,1H3,(H,21,24)(H,22,26)(H,23,25). The van der Waals surface area contributed by atoms with E-state index in [0.29, 0.717) is 16.3 Å². The van der Waals surface area contributed by atoms with Crippen LogP contribution in [0.5, 0.6) is 0 Å². The van der Waals surface area contributed by atoms with Gasteiger partial charge in [-0.2, -0.15) is 5.10 Å². The van der Waals surface area contributed by atoms with Gasteiger partial charge in [-0.15, -0.1) is 0 Å². The Labute approximate surface area is 155 Å². The quantitative estimate of drug-likeness (QED) is 0.644. The largest absolute Gasteiger partial charge is 0.340 e. The number of benzene rings is 2. The van der Waals surface area contributed by atoms with Crippen LogP contribution in [0.2, 0.25) is 5.02 Å². The number of carbonyl (C=O) groups is 2. The van der Waals surface area contributed by atoms with E-state index < -0.39 is 11.9 Å². The normalized spacial score (nSPS) is 11.6. The Kier molecular flexibility index (Phi) is 5.34. The molecule has 0 bridgehead atoms. The number of aromatic amines is 1. The Bertz CT molecular complexity index is 925. The number of anilines is 1. The summed E-state index contributed by atoms with van der Waals surface area (Å²) in [5.74, 6) is -0.725. The number of amides is 2. The van der Waals surface area contributed by atoms with E-state index in [1.807, 2.05) is 24.3 Å². The molecule has 2 aromatic carbocycles. The Hall–Kier alpha value is -3.12. The molecule has 0 fully saturated rings. The number of halogens is 1. The first-order valence-electron chi connectivity index (χ1n) is 8.00. The van der Waals surface area contributed by atoms with Crippen molar-refractivity contribution in [3.8, 4) is 11.3 Å². The molecule has 0 radical (unpaired) electrons. The van der Waals surface area contributed by atoms with Gasteiger partial charge in [-0.25, -0.2) is 0 Å². The highest BCUT2D eigenvalue weighted by Crippen LogP contribution is 2.20. The first kappa shape index (κ1) is 17.7. The van der Waals surface area contributed by atoms with Gasteiger partial charge in [0.15, 0.2) is 0 Å². The fourth-order valence-corrected chi connectivity index (χ4v) is 2.64. The van der Waals surface area contributed by atoms with Gasteiger partial charge in [0.25, 0.3) is 5.91 Å². The van der Waals surface area contributed by atoms with E-state index in [1.54, 1.807) is 43.5 Å². The highest BCUT2D eigenvalue weighted by atomic mass is 35.5. The van der Waals surface area contributed by atoms with Gasteiger partial charge in [-0.3, -0.25) is 14.7 Å². The lowest BCUT2D eigenvalue weighted by molar-refractivity contribution is -0.117. The van der Waals surface area contributed by atoms with Crippen LogP contribution >= 0.6 is 11.6 Å². The number of hydrogen-bond donors (Lipinski definition) is 3. The minimum Gasteiger partial charge on any atom is -0.340 e. The van der Waals surface area contributed by atoms with Crippen LogP contribution in [0.3, 0.4) is 0 Å². The van der Waals surface area contributed by atoms with Crippen LogP contribution in [-0.4, -0.2) is 28.1 Å². The summed E-state index contributed by atoms with van der Waals surface area (Å²) in [7, 11) is 0. The number of H-pyrrole nitrogens is 1. The summed E-state index contributed by atoms with van der Waals surface area (Å²) >= 11 is 6.01. The lowest BCUT2D eigenvalue weighted by atomic mass is 10.1. The van der Waals surface area contributed by atoms with E-state index in [-0.39, 0.29) is 5.91 Å². The van der Waals surface area contributed by atoms with Crippen LogP contribution in [0.4, 0.5) is 5.69 Å². The molecule has 1 atom stereocenters. The van der Waals surface area contributed by atoms with Gasteiger partial charge in [0.05, 0.1) is 16.3 Å². The monoisotopic (exact) mass is 368 g/mol. The van der Waals surface area contributed by atoms with Crippen molar-refractivity contribution in [2.24, 2.45) is 0 Å². The zero-order chi connectivity index (χ0) is 18.5. The van der Waals surface area contributed by atoms with E-state index in [1.165, 1.54) is 0 Å². The minimum absolute atomic E-state index is 0.327. The van der Waals surface area contributed by atoms with Gasteiger partial charge in [0.1, 0.15) is 6.04 Å². The second-order valence-corrected chi connectivity index (χ2v) is 6.12. The number of nitrogens with zero attached hydrogens (tertiary/aromatic N) is 1. The van der Waals surface area contributed by atoms with Crippen LogP contribution in [0, 0.1) is 0 Å². The van der Waals surface area contributed by atoms with E-state index >= 15 is 0 Å². The maximum absolute atomic E-state index is 12.4. The summed E-state index contributed by atoms with van der Waals surface area (Å²) in [5.41, 5.74) is 2.70. The molecular weight excluding hydrogens is 352 g/mol. The van der Waals surface area contributed by atoms with Gasteiger partial charge in [0, 0.05) is 17.4 Å². The number of nitrogens with one attached hydrogen (secondary N) is 3. The molecule has 1 unspecified atom stereocenters. The topological polar surface area (TPSA) is 86.9 Å². The molecule has 0 saturated heterocycles. The molecule has 0 spiro atoms. The highest BCUT2D eigenvalue weighted by Gasteiger charge is 2.18. The molecule has 0 aliphatic rings. The summed E-state index contributed by atoms with van der Waals surface area (Å²) in [6.07, 6.45) is 1.66. The number of hydrogen-bond acceptors (Lipinski definition) is 3. The van der Waals surface area contributed by atoms with Crippen LogP contribution in [0.25, 0.3) is 11.3 Å². The fourth-order valence-electron chi connectivity index (χ4n) is 2.42. The second-order valence-electron chi connectivity index (χ2n) is 5.72. The lowest BCUT2D eigenvalue weighted by Gasteiger charge is -2.15. The van der Waals surface area contributed by atoms with Crippen molar-refractivity contribution in [3.63, 3.8) is 0 Å². The third-order valence-corrected chi connectivity index (χ3v) is 4.13. The molecule has 6 nitrogen and oxygen atoms in total. The van der Waals surface area contributed by atoms with Crippen molar-refractivity contribution >= 4 is 29.1 Å².